The predicted octanol–water partition coefficient (Wildman–Crippen LogP) is 2.99. The minimum Gasteiger partial charge on any atom is -0.351 e. The Kier molecular flexibility index (Phi) is 5.79. The van der Waals surface area contributed by atoms with Crippen LogP contribution in [0.5, 0.6) is 0 Å². The molecule has 2 heterocycles. The third-order valence-electron chi connectivity index (χ3n) is 3.44. The van der Waals surface area contributed by atoms with Gasteiger partial charge in [0.25, 0.3) is 5.89 Å². The minimum atomic E-state index is -0.0314. The van der Waals surface area contributed by atoms with Crippen LogP contribution in [0.1, 0.15) is 17.0 Å². The largest absolute Gasteiger partial charge is 0.351 e. The molecule has 25 heavy (non-hydrogen) atoms. The lowest BCUT2D eigenvalue weighted by Gasteiger charge is -2.03. The Hall–Kier alpha value is -2.67. The Morgan fingerprint density at radius 2 is 2.08 bits per heavy atom. The van der Waals surface area contributed by atoms with Gasteiger partial charge in [-0.2, -0.15) is 4.98 Å². The van der Waals surface area contributed by atoms with Gasteiger partial charge < -0.3 is 9.84 Å². The molecule has 6 nitrogen and oxygen atoms in total. The van der Waals surface area contributed by atoms with Crippen molar-refractivity contribution >= 4 is 17.7 Å². The lowest BCUT2D eigenvalue weighted by molar-refractivity contribution is -0.118. The molecule has 1 N–H and O–H groups in total. The van der Waals surface area contributed by atoms with Crippen LogP contribution in [0.15, 0.2) is 53.3 Å². The molecule has 2 aromatic heterocycles. The Labute approximate surface area is 150 Å². The summed E-state index contributed by atoms with van der Waals surface area (Å²) in [6.07, 6.45) is 3.44. The maximum absolute atomic E-state index is 11.8. The first-order valence-corrected chi connectivity index (χ1v) is 8.99. The van der Waals surface area contributed by atoms with E-state index in [9.17, 15) is 4.79 Å². The molecule has 0 aliphatic heterocycles. The first-order valence-electron chi connectivity index (χ1n) is 7.83. The maximum atomic E-state index is 11.8. The van der Waals surface area contributed by atoms with Crippen LogP contribution in [-0.4, -0.2) is 26.8 Å². The highest BCUT2D eigenvalue weighted by Crippen LogP contribution is 2.19. The summed E-state index contributed by atoms with van der Waals surface area (Å²) in [7, 11) is 0. The Morgan fingerprint density at radius 1 is 1.24 bits per heavy atom. The van der Waals surface area contributed by atoms with Gasteiger partial charge in [0.05, 0.1) is 11.5 Å². The highest BCUT2D eigenvalue weighted by molar-refractivity contribution is 7.99. The lowest BCUT2D eigenvalue weighted by Crippen LogP contribution is -2.24. The van der Waals surface area contributed by atoms with Crippen LogP contribution in [0.3, 0.4) is 0 Å². The Morgan fingerprint density at radius 3 is 2.84 bits per heavy atom. The lowest BCUT2D eigenvalue weighted by atomic mass is 10.1. The van der Waals surface area contributed by atoms with E-state index in [0.717, 1.165) is 11.1 Å². The molecule has 0 fully saturated rings. The molecule has 0 atom stereocenters. The van der Waals surface area contributed by atoms with Crippen LogP contribution in [-0.2, 0) is 17.1 Å². The van der Waals surface area contributed by atoms with Gasteiger partial charge >= 0.3 is 0 Å². The molecule has 128 valence electrons. The van der Waals surface area contributed by atoms with Crippen molar-refractivity contribution in [2.24, 2.45) is 0 Å². The second-order valence-corrected chi connectivity index (χ2v) is 6.50. The SMILES string of the molecule is Cc1ccc(-c2nc(CSCC(=O)NCc3cccnc3)no2)cc1. The first-order chi connectivity index (χ1) is 12.2. The molecule has 3 rings (SSSR count). The average Bonchev–Trinajstić information content (AvgIpc) is 3.10. The second-order valence-electron chi connectivity index (χ2n) is 5.51. The number of carbonyl (C=O) groups is 1. The smallest absolute Gasteiger partial charge is 0.257 e. The predicted molar refractivity (Wildman–Crippen MR) is 96.7 cm³/mol. The van der Waals surface area contributed by atoms with E-state index in [1.807, 2.05) is 43.3 Å². The van der Waals surface area contributed by atoms with Crippen molar-refractivity contribution in [2.75, 3.05) is 5.75 Å². The van der Waals surface area contributed by atoms with Crippen LogP contribution in [0.4, 0.5) is 0 Å². The van der Waals surface area contributed by atoms with Crippen molar-refractivity contribution in [2.45, 2.75) is 19.2 Å². The van der Waals surface area contributed by atoms with Gasteiger partial charge in [-0.3, -0.25) is 9.78 Å². The Balaban J connectivity index is 1.43. The van der Waals surface area contributed by atoms with Crippen LogP contribution >= 0.6 is 11.8 Å². The minimum absolute atomic E-state index is 0.0314. The number of carbonyl (C=O) groups excluding carboxylic acids is 1. The number of benzene rings is 1. The van der Waals surface area contributed by atoms with E-state index in [-0.39, 0.29) is 5.91 Å². The zero-order valence-electron chi connectivity index (χ0n) is 13.8. The first kappa shape index (κ1) is 17.2. The summed E-state index contributed by atoms with van der Waals surface area (Å²) < 4.78 is 5.27. The zero-order valence-corrected chi connectivity index (χ0v) is 14.6. The van der Waals surface area contributed by atoms with E-state index in [1.54, 1.807) is 12.4 Å². The van der Waals surface area contributed by atoms with Crippen molar-refractivity contribution in [3.8, 4) is 11.5 Å². The van der Waals surface area contributed by atoms with Crippen LogP contribution < -0.4 is 5.32 Å². The van der Waals surface area contributed by atoms with Gasteiger partial charge in [-0.25, -0.2) is 0 Å². The standard InChI is InChI=1S/C18H18N4O2S/c1-13-4-6-15(7-5-13)18-21-16(22-24-18)11-25-12-17(23)20-10-14-3-2-8-19-9-14/h2-9H,10-12H2,1H3,(H,20,23). The van der Waals surface area contributed by atoms with E-state index >= 15 is 0 Å². The fraction of sp³-hybridized carbons (Fsp3) is 0.222. The summed E-state index contributed by atoms with van der Waals surface area (Å²) in [6.45, 7) is 2.51. The number of nitrogens with zero attached hydrogens (tertiary/aromatic N) is 3. The second kappa shape index (κ2) is 8.43. The third kappa shape index (κ3) is 5.15. The van der Waals surface area contributed by atoms with E-state index in [4.69, 9.17) is 4.52 Å². The molecule has 1 aromatic carbocycles. The van der Waals surface area contributed by atoms with Crippen LogP contribution in [0, 0.1) is 6.92 Å². The molecular weight excluding hydrogens is 336 g/mol. The molecule has 0 bridgehead atoms. The molecule has 3 aromatic rings. The van der Waals surface area contributed by atoms with Crippen LogP contribution in [0.2, 0.25) is 0 Å². The summed E-state index contributed by atoms with van der Waals surface area (Å²) in [5.41, 5.74) is 3.04. The summed E-state index contributed by atoms with van der Waals surface area (Å²) >= 11 is 1.45. The topological polar surface area (TPSA) is 80.9 Å². The van der Waals surface area contributed by atoms with Crippen molar-refractivity contribution in [1.82, 2.24) is 20.4 Å². The number of nitrogens with one attached hydrogen (secondary N) is 1. The number of aryl methyl sites for hydroxylation is 1. The molecule has 0 aliphatic carbocycles. The van der Waals surface area contributed by atoms with E-state index in [1.165, 1.54) is 17.3 Å². The summed E-state index contributed by atoms with van der Waals surface area (Å²) in [5, 5.41) is 6.82. The number of pyridine rings is 1. The highest BCUT2D eigenvalue weighted by Gasteiger charge is 2.09. The van der Waals surface area contributed by atoms with Gasteiger partial charge in [0.15, 0.2) is 5.82 Å². The van der Waals surface area contributed by atoms with E-state index in [2.05, 4.69) is 20.4 Å². The molecule has 0 aliphatic rings. The third-order valence-corrected chi connectivity index (χ3v) is 4.37. The van der Waals surface area contributed by atoms with Gasteiger partial charge in [-0.05, 0) is 30.7 Å². The zero-order chi connectivity index (χ0) is 17.5. The number of rotatable bonds is 7. The van der Waals surface area contributed by atoms with Gasteiger partial charge in [-0.1, -0.05) is 28.9 Å². The molecule has 0 saturated carbocycles. The van der Waals surface area contributed by atoms with Crippen molar-refractivity contribution in [3.63, 3.8) is 0 Å². The fourth-order valence-electron chi connectivity index (χ4n) is 2.12. The normalized spacial score (nSPS) is 10.6. The quantitative estimate of drug-likeness (QED) is 0.702. The summed E-state index contributed by atoms with van der Waals surface area (Å²) in [4.78, 5) is 20.2. The van der Waals surface area contributed by atoms with Gasteiger partial charge in [-0.15, -0.1) is 11.8 Å². The number of aromatic nitrogens is 3. The van der Waals surface area contributed by atoms with Gasteiger partial charge in [0.2, 0.25) is 5.91 Å². The number of amides is 1. The van der Waals surface area contributed by atoms with Gasteiger partial charge in [0.1, 0.15) is 0 Å². The van der Waals surface area contributed by atoms with E-state index in [0.29, 0.717) is 29.8 Å². The summed E-state index contributed by atoms with van der Waals surface area (Å²) in [5.74, 6) is 1.91. The van der Waals surface area contributed by atoms with Crippen molar-refractivity contribution < 1.29 is 9.32 Å². The molecule has 0 unspecified atom stereocenters. The molecule has 0 radical (unpaired) electrons. The monoisotopic (exact) mass is 354 g/mol. The molecule has 0 saturated heterocycles. The van der Waals surface area contributed by atoms with Crippen molar-refractivity contribution in [3.05, 3.63) is 65.7 Å². The maximum Gasteiger partial charge on any atom is 0.257 e. The molecular formula is C18H18N4O2S. The average molecular weight is 354 g/mol. The fourth-order valence-corrected chi connectivity index (χ4v) is 2.80. The number of hydrogen-bond acceptors (Lipinski definition) is 6. The van der Waals surface area contributed by atoms with Crippen LogP contribution in [0.25, 0.3) is 11.5 Å². The highest BCUT2D eigenvalue weighted by atomic mass is 32.2. The van der Waals surface area contributed by atoms with Crippen molar-refractivity contribution in [1.29, 1.82) is 0 Å². The number of hydrogen-bond donors (Lipinski definition) is 1. The Bertz CT molecular complexity index is 819. The van der Waals surface area contributed by atoms with E-state index < -0.39 is 0 Å². The number of thioether (sulfide) groups is 1. The van der Waals surface area contributed by atoms with Gasteiger partial charge in [0, 0.05) is 24.5 Å². The summed E-state index contributed by atoms with van der Waals surface area (Å²) in [6, 6.07) is 11.7. The molecule has 7 heteroatoms. The molecule has 0 spiro atoms. The molecule has 1 amide bonds.